The number of thioether (sulfide) groups is 1. The second-order valence-corrected chi connectivity index (χ2v) is 10.2. The summed E-state index contributed by atoms with van der Waals surface area (Å²) >= 11 is 2.10. The van der Waals surface area contributed by atoms with E-state index in [1.165, 1.54) is 121 Å². The van der Waals surface area contributed by atoms with Crippen molar-refractivity contribution in [3.8, 4) is 0 Å². The van der Waals surface area contributed by atoms with Crippen LogP contribution in [0.4, 0.5) is 0 Å². The molecule has 0 unspecified atom stereocenters. The number of hydrogen-bond donors (Lipinski definition) is 1. The first-order chi connectivity index (χ1) is 13.1. The Balaban J connectivity index is 3.09. The van der Waals surface area contributed by atoms with Crippen molar-refractivity contribution < 1.29 is 9.59 Å². The van der Waals surface area contributed by atoms with Crippen LogP contribution in [0.3, 0.4) is 0 Å². The number of quaternary nitrogens is 1. The lowest BCUT2D eigenvalue weighted by Crippen LogP contribution is -2.43. The van der Waals surface area contributed by atoms with Gasteiger partial charge in [0.05, 0.1) is 27.2 Å². The van der Waals surface area contributed by atoms with Gasteiger partial charge in [-0.15, -0.1) is 0 Å². The van der Waals surface area contributed by atoms with Crippen molar-refractivity contribution in [2.24, 2.45) is 0 Å². The van der Waals surface area contributed by atoms with Gasteiger partial charge in [0, 0.05) is 5.75 Å². The minimum atomic E-state index is 0.302. The van der Waals surface area contributed by atoms with Crippen LogP contribution in [0.1, 0.15) is 110 Å². The number of aliphatic hydroxyl groups is 1. The summed E-state index contributed by atoms with van der Waals surface area (Å²) in [5.41, 5.74) is 0. The maximum Gasteiger partial charge on any atom is 0.102 e. The van der Waals surface area contributed by atoms with Gasteiger partial charge in [0.25, 0.3) is 0 Å². The van der Waals surface area contributed by atoms with E-state index in [0.717, 1.165) is 11.0 Å². The molecule has 0 radical (unpaired) electrons. The molecule has 3 heteroatoms. The molecule has 0 fully saturated rings. The first kappa shape index (κ1) is 27.3. The van der Waals surface area contributed by atoms with Gasteiger partial charge >= 0.3 is 0 Å². The summed E-state index contributed by atoms with van der Waals surface area (Å²) < 4.78 is 0.947. The van der Waals surface area contributed by atoms with Gasteiger partial charge in [-0.3, -0.25) is 0 Å². The molecule has 27 heavy (non-hydrogen) atoms. The van der Waals surface area contributed by atoms with Gasteiger partial charge in [0.1, 0.15) is 6.54 Å². The van der Waals surface area contributed by atoms with Crippen molar-refractivity contribution in [2.45, 2.75) is 110 Å². The summed E-state index contributed by atoms with van der Waals surface area (Å²) in [6.45, 7) is 4.64. The Labute approximate surface area is 176 Å². The monoisotopic (exact) mass is 402 g/mol. The molecule has 0 amide bonds. The predicted molar refractivity (Wildman–Crippen MR) is 126 cm³/mol. The van der Waals surface area contributed by atoms with Gasteiger partial charge in [0.2, 0.25) is 0 Å². The van der Waals surface area contributed by atoms with Crippen molar-refractivity contribution in [3.05, 3.63) is 0 Å². The standard InChI is InChI=1S/C24H52NOS/c1-4-5-6-7-8-9-10-11-12-13-14-15-16-17-18-19-23-27-24-21-25(2,3)20-22-26/h26H,4-24H2,1-3H3/q+1. The zero-order valence-corrected chi connectivity index (χ0v) is 20.0. The van der Waals surface area contributed by atoms with Crippen LogP contribution in [0, 0.1) is 0 Å². The minimum Gasteiger partial charge on any atom is -0.391 e. The molecule has 164 valence electrons. The van der Waals surface area contributed by atoms with Gasteiger partial charge in [0.15, 0.2) is 0 Å². The summed E-state index contributed by atoms with van der Waals surface area (Å²) in [6, 6.07) is 0. The molecule has 0 saturated heterocycles. The highest BCUT2D eigenvalue weighted by molar-refractivity contribution is 7.99. The summed E-state index contributed by atoms with van der Waals surface area (Å²) in [4.78, 5) is 0. The van der Waals surface area contributed by atoms with Crippen LogP contribution in [0.25, 0.3) is 0 Å². The minimum absolute atomic E-state index is 0.302. The van der Waals surface area contributed by atoms with Crippen LogP contribution in [-0.2, 0) is 0 Å². The number of aliphatic hydroxyl groups excluding tert-OH is 1. The van der Waals surface area contributed by atoms with E-state index < -0.39 is 0 Å². The van der Waals surface area contributed by atoms with Crippen molar-refractivity contribution >= 4 is 11.8 Å². The summed E-state index contributed by atoms with van der Waals surface area (Å²) in [7, 11) is 4.43. The number of unbranched alkanes of at least 4 members (excludes halogenated alkanes) is 15. The fourth-order valence-corrected chi connectivity index (χ4v) is 4.78. The molecule has 0 aromatic heterocycles. The molecule has 0 aliphatic carbocycles. The van der Waals surface area contributed by atoms with Crippen molar-refractivity contribution in [1.82, 2.24) is 0 Å². The molecule has 0 spiro atoms. The first-order valence-corrected chi connectivity index (χ1v) is 13.3. The lowest BCUT2D eigenvalue weighted by molar-refractivity contribution is -0.888. The van der Waals surface area contributed by atoms with E-state index in [1.807, 2.05) is 0 Å². The van der Waals surface area contributed by atoms with Crippen molar-refractivity contribution in [1.29, 1.82) is 0 Å². The number of hydrogen-bond acceptors (Lipinski definition) is 2. The Kier molecular flexibility index (Phi) is 21.2. The Morgan fingerprint density at radius 1 is 0.556 bits per heavy atom. The van der Waals surface area contributed by atoms with Crippen molar-refractivity contribution in [3.63, 3.8) is 0 Å². The normalized spacial score (nSPS) is 12.0. The van der Waals surface area contributed by atoms with E-state index in [2.05, 4.69) is 32.8 Å². The highest BCUT2D eigenvalue weighted by atomic mass is 32.2. The molecular weight excluding hydrogens is 350 g/mol. The third-order valence-corrected chi connectivity index (χ3v) is 6.74. The summed E-state index contributed by atoms with van der Waals surface area (Å²) in [5, 5.41) is 9.04. The van der Waals surface area contributed by atoms with Crippen LogP contribution in [0.2, 0.25) is 0 Å². The predicted octanol–water partition coefficient (Wildman–Crippen LogP) is 7.05. The molecule has 1 N–H and O–H groups in total. The van der Waals surface area contributed by atoms with E-state index in [9.17, 15) is 0 Å². The zero-order chi connectivity index (χ0) is 20.1. The molecule has 2 nitrogen and oxygen atoms in total. The second-order valence-electron chi connectivity index (χ2n) is 9.02. The largest absolute Gasteiger partial charge is 0.391 e. The second kappa shape index (κ2) is 21.0. The van der Waals surface area contributed by atoms with Crippen LogP contribution in [0.15, 0.2) is 0 Å². The third-order valence-electron chi connectivity index (χ3n) is 5.69. The Morgan fingerprint density at radius 2 is 0.963 bits per heavy atom. The quantitative estimate of drug-likeness (QED) is 0.155. The van der Waals surface area contributed by atoms with E-state index in [4.69, 9.17) is 5.11 Å². The third kappa shape index (κ3) is 22.4. The molecule has 0 atom stereocenters. The molecule has 0 bridgehead atoms. The first-order valence-electron chi connectivity index (χ1n) is 12.1. The molecule has 0 saturated carbocycles. The van der Waals surface area contributed by atoms with Crippen LogP contribution in [0.5, 0.6) is 0 Å². The van der Waals surface area contributed by atoms with Gasteiger partial charge in [-0.1, -0.05) is 103 Å². The zero-order valence-electron chi connectivity index (χ0n) is 19.2. The maximum absolute atomic E-state index is 9.04. The summed E-state index contributed by atoms with van der Waals surface area (Å²) in [5.74, 6) is 2.54. The van der Waals surface area contributed by atoms with E-state index in [1.54, 1.807) is 0 Å². The summed E-state index contributed by atoms with van der Waals surface area (Å²) in [6.07, 6.45) is 23.1. The van der Waals surface area contributed by atoms with E-state index >= 15 is 0 Å². The van der Waals surface area contributed by atoms with E-state index in [-0.39, 0.29) is 0 Å². The number of nitrogens with zero attached hydrogens (tertiary/aromatic N) is 1. The molecular formula is C24H52NOS+. The lowest BCUT2D eigenvalue weighted by Gasteiger charge is -2.28. The van der Waals surface area contributed by atoms with Gasteiger partial charge in [-0.25, -0.2) is 0 Å². The fraction of sp³-hybridized carbons (Fsp3) is 1.00. The van der Waals surface area contributed by atoms with Crippen LogP contribution < -0.4 is 0 Å². The molecule has 0 rings (SSSR count). The molecule has 0 aliphatic heterocycles. The van der Waals surface area contributed by atoms with Gasteiger partial charge in [-0.05, 0) is 12.2 Å². The Morgan fingerprint density at radius 3 is 1.37 bits per heavy atom. The molecule has 0 aromatic rings. The average Bonchev–Trinajstić information content (AvgIpc) is 2.63. The number of rotatable bonds is 22. The Hall–Kier alpha value is 0.270. The number of likely N-dealkylation sites (N-methyl/N-ethyl adjacent to an activating group) is 1. The van der Waals surface area contributed by atoms with Crippen LogP contribution >= 0.6 is 11.8 Å². The highest BCUT2D eigenvalue weighted by Gasteiger charge is 2.12. The molecule has 0 aromatic carbocycles. The average molecular weight is 403 g/mol. The molecule has 0 aliphatic rings. The lowest BCUT2D eigenvalue weighted by atomic mass is 10.0. The van der Waals surface area contributed by atoms with Crippen molar-refractivity contribution in [2.75, 3.05) is 45.3 Å². The smallest absolute Gasteiger partial charge is 0.102 e. The molecule has 0 heterocycles. The SMILES string of the molecule is CCCCCCCCCCCCCCCCCCSCC[N+](C)(C)CCO. The van der Waals surface area contributed by atoms with Gasteiger partial charge in [-0.2, -0.15) is 11.8 Å². The van der Waals surface area contributed by atoms with Gasteiger partial charge < -0.3 is 9.59 Å². The maximum atomic E-state index is 9.04. The van der Waals surface area contributed by atoms with Crippen LogP contribution in [-0.4, -0.2) is 54.9 Å². The Bertz CT molecular complexity index is 284. The topological polar surface area (TPSA) is 20.2 Å². The van der Waals surface area contributed by atoms with E-state index in [0.29, 0.717) is 6.61 Å². The fourth-order valence-electron chi connectivity index (χ4n) is 3.55. The highest BCUT2D eigenvalue weighted by Crippen LogP contribution is 2.14.